The molecule has 0 aliphatic carbocycles. The first-order chi connectivity index (χ1) is 9.67. The van der Waals surface area contributed by atoms with Gasteiger partial charge in [-0.05, 0) is 17.7 Å². The van der Waals surface area contributed by atoms with Crippen molar-refractivity contribution in [1.29, 1.82) is 0 Å². The molecule has 0 atom stereocenters. The number of nitrogens with zero attached hydrogens (tertiary/aromatic N) is 1. The van der Waals surface area contributed by atoms with Gasteiger partial charge in [0, 0.05) is 19.6 Å². The molecule has 0 radical (unpaired) electrons. The highest BCUT2D eigenvalue weighted by atomic mass is 16.5. The van der Waals surface area contributed by atoms with Crippen molar-refractivity contribution >= 4 is 0 Å². The van der Waals surface area contributed by atoms with Gasteiger partial charge in [0.25, 0.3) is 0 Å². The maximum absolute atomic E-state index is 9.34. The molecule has 0 aromatic heterocycles. The predicted octanol–water partition coefficient (Wildman–Crippen LogP) is 3.37. The summed E-state index contributed by atoms with van der Waals surface area (Å²) in [7, 11) is 0. The molecule has 0 saturated carbocycles. The predicted molar refractivity (Wildman–Crippen MR) is 83.2 cm³/mol. The van der Waals surface area contributed by atoms with E-state index >= 15 is 0 Å². The summed E-state index contributed by atoms with van der Waals surface area (Å²) in [6.45, 7) is 12.4. The van der Waals surface area contributed by atoms with Gasteiger partial charge in [-0.3, -0.25) is 4.90 Å². The second kappa shape index (κ2) is 11.6. The van der Waals surface area contributed by atoms with Crippen molar-refractivity contribution in [3.63, 3.8) is 0 Å². The third kappa shape index (κ3) is 7.36. The second-order valence-electron chi connectivity index (χ2n) is 4.42. The molecule has 2 N–H and O–H groups in total. The van der Waals surface area contributed by atoms with Gasteiger partial charge in [0.1, 0.15) is 0 Å². The van der Waals surface area contributed by atoms with Crippen LogP contribution in [0.5, 0.6) is 11.5 Å². The maximum Gasteiger partial charge on any atom is 0.157 e. The molecule has 0 spiro atoms. The standard InChI is InChI=1S/C11H15NO3.C3H8.C2H6/c13-10-2-1-9(7-11(10)14)8-12-3-5-15-6-4-12;1-3-2;1-2/h1-2,7,13-14H,3-6,8H2;3H2,1-2H3;1-2H3. The van der Waals surface area contributed by atoms with Gasteiger partial charge >= 0.3 is 0 Å². The van der Waals surface area contributed by atoms with E-state index < -0.39 is 0 Å². The van der Waals surface area contributed by atoms with Crippen LogP contribution in [0, 0.1) is 0 Å². The van der Waals surface area contributed by atoms with Gasteiger partial charge in [-0.15, -0.1) is 0 Å². The number of phenolic OH excluding ortho intramolecular Hbond substituents is 2. The van der Waals surface area contributed by atoms with Gasteiger partial charge in [-0.2, -0.15) is 0 Å². The quantitative estimate of drug-likeness (QED) is 0.817. The van der Waals surface area contributed by atoms with Gasteiger partial charge in [0.2, 0.25) is 0 Å². The number of ether oxygens (including phenoxy) is 1. The third-order valence-electron chi connectivity index (χ3n) is 2.55. The van der Waals surface area contributed by atoms with E-state index in [1.54, 1.807) is 6.07 Å². The topological polar surface area (TPSA) is 52.9 Å². The number of aromatic hydroxyl groups is 2. The van der Waals surface area contributed by atoms with Crippen LogP contribution in [-0.4, -0.2) is 41.4 Å². The number of hydrogen-bond acceptors (Lipinski definition) is 4. The first-order valence-electron chi connectivity index (χ1n) is 7.48. The van der Waals surface area contributed by atoms with E-state index in [1.165, 1.54) is 12.5 Å². The molecule has 1 fully saturated rings. The normalized spacial score (nSPS) is 14.6. The fourth-order valence-electron chi connectivity index (χ4n) is 1.68. The van der Waals surface area contributed by atoms with Crippen LogP contribution < -0.4 is 0 Å². The number of hydrogen-bond donors (Lipinski definition) is 2. The first-order valence-corrected chi connectivity index (χ1v) is 7.48. The summed E-state index contributed by atoms with van der Waals surface area (Å²) in [5.41, 5.74) is 1.01. The number of phenols is 2. The Kier molecular flexibility index (Phi) is 10.8. The van der Waals surface area contributed by atoms with Crippen LogP contribution in [0.3, 0.4) is 0 Å². The number of morpholine rings is 1. The molecular formula is C16H29NO3. The largest absolute Gasteiger partial charge is 0.504 e. The molecule has 116 valence electrons. The minimum atomic E-state index is -0.0688. The van der Waals surface area contributed by atoms with E-state index in [1.807, 2.05) is 19.9 Å². The van der Waals surface area contributed by atoms with Gasteiger partial charge in [0.05, 0.1) is 13.2 Å². The van der Waals surface area contributed by atoms with Crippen molar-refractivity contribution in [3.05, 3.63) is 23.8 Å². The van der Waals surface area contributed by atoms with E-state index in [0.29, 0.717) is 0 Å². The molecule has 4 heteroatoms. The Morgan fingerprint density at radius 1 is 1.05 bits per heavy atom. The molecular weight excluding hydrogens is 254 g/mol. The van der Waals surface area contributed by atoms with Crippen molar-refractivity contribution in [3.8, 4) is 11.5 Å². The highest BCUT2D eigenvalue weighted by Crippen LogP contribution is 2.25. The summed E-state index contributed by atoms with van der Waals surface area (Å²) in [4.78, 5) is 2.26. The zero-order valence-corrected chi connectivity index (χ0v) is 13.2. The molecule has 1 aromatic rings. The number of rotatable bonds is 2. The fourth-order valence-corrected chi connectivity index (χ4v) is 1.68. The van der Waals surface area contributed by atoms with Crippen LogP contribution in [0.1, 0.15) is 39.7 Å². The Morgan fingerprint density at radius 2 is 1.60 bits per heavy atom. The van der Waals surface area contributed by atoms with E-state index in [4.69, 9.17) is 9.84 Å². The lowest BCUT2D eigenvalue weighted by Gasteiger charge is -2.26. The molecule has 1 saturated heterocycles. The van der Waals surface area contributed by atoms with E-state index in [2.05, 4.69) is 18.7 Å². The van der Waals surface area contributed by atoms with Crippen molar-refractivity contribution in [2.45, 2.75) is 40.7 Å². The summed E-state index contributed by atoms with van der Waals surface area (Å²) in [5, 5.41) is 18.5. The third-order valence-corrected chi connectivity index (χ3v) is 2.55. The van der Waals surface area contributed by atoms with E-state index in [0.717, 1.165) is 38.4 Å². The smallest absolute Gasteiger partial charge is 0.157 e. The molecule has 1 heterocycles. The Labute approximate surface area is 123 Å². The molecule has 1 aromatic carbocycles. The maximum atomic E-state index is 9.34. The van der Waals surface area contributed by atoms with E-state index in [-0.39, 0.29) is 11.5 Å². The van der Waals surface area contributed by atoms with Crippen LogP contribution in [0.15, 0.2) is 18.2 Å². The molecule has 4 nitrogen and oxygen atoms in total. The van der Waals surface area contributed by atoms with Crippen LogP contribution in [0.25, 0.3) is 0 Å². The highest BCUT2D eigenvalue weighted by Gasteiger charge is 2.11. The van der Waals surface area contributed by atoms with Gasteiger partial charge in [-0.25, -0.2) is 0 Å². The summed E-state index contributed by atoms with van der Waals surface area (Å²) in [6, 6.07) is 4.94. The summed E-state index contributed by atoms with van der Waals surface area (Å²) in [6.07, 6.45) is 1.25. The second-order valence-corrected chi connectivity index (χ2v) is 4.42. The molecule has 2 rings (SSSR count). The summed E-state index contributed by atoms with van der Waals surface area (Å²) in [5.74, 6) is -0.124. The monoisotopic (exact) mass is 283 g/mol. The van der Waals surface area contributed by atoms with Crippen LogP contribution in [0.2, 0.25) is 0 Å². The van der Waals surface area contributed by atoms with Gasteiger partial charge in [-0.1, -0.05) is 40.2 Å². The highest BCUT2D eigenvalue weighted by molar-refractivity contribution is 5.40. The van der Waals surface area contributed by atoms with Crippen LogP contribution in [0.4, 0.5) is 0 Å². The molecule has 0 bridgehead atoms. The van der Waals surface area contributed by atoms with Crippen LogP contribution >= 0.6 is 0 Å². The van der Waals surface area contributed by atoms with Gasteiger partial charge in [0.15, 0.2) is 11.5 Å². The lowest BCUT2D eigenvalue weighted by Crippen LogP contribution is -2.35. The Balaban J connectivity index is 0.000000641. The van der Waals surface area contributed by atoms with Crippen molar-refractivity contribution in [2.75, 3.05) is 26.3 Å². The van der Waals surface area contributed by atoms with Crippen molar-refractivity contribution < 1.29 is 14.9 Å². The minimum absolute atomic E-state index is 0.0549. The Morgan fingerprint density at radius 3 is 2.10 bits per heavy atom. The first kappa shape index (κ1) is 18.7. The van der Waals surface area contributed by atoms with Crippen molar-refractivity contribution in [1.82, 2.24) is 4.90 Å². The van der Waals surface area contributed by atoms with E-state index in [9.17, 15) is 5.11 Å². The molecule has 20 heavy (non-hydrogen) atoms. The number of benzene rings is 1. The summed E-state index contributed by atoms with van der Waals surface area (Å²) >= 11 is 0. The molecule has 1 aliphatic rings. The average molecular weight is 283 g/mol. The SMILES string of the molecule is CC.CCC.Oc1ccc(CN2CCOCC2)cc1O. The zero-order valence-electron chi connectivity index (χ0n) is 13.2. The minimum Gasteiger partial charge on any atom is -0.504 e. The Hall–Kier alpha value is -1.26. The molecule has 0 unspecified atom stereocenters. The van der Waals surface area contributed by atoms with Crippen LogP contribution in [-0.2, 0) is 11.3 Å². The average Bonchev–Trinajstić information content (AvgIpc) is 2.47. The zero-order chi connectivity index (χ0) is 15.4. The lowest BCUT2D eigenvalue weighted by atomic mass is 10.2. The molecule has 0 amide bonds. The Bertz CT molecular complexity index is 350. The lowest BCUT2D eigenvalue weighted by molar-refractivity contribution is 0.0341. The molecule has 1 aliphatic heterocycles. The van der Waals surface area contributed by atoms with Crippen molar-refractivity contribution in [2.24, 2.45) is 0 Å². The van der Waals surface area contributed by atoms with Gasteiger partial charge < -0.3 is 14.9 Å². The summed E-state index contributed by atoms with van der Waals surface area (Å²) < 4.78 is 5.25. The fraction of sp³-hybridized carbons (Fsp3) is 0.625.